The van der Waals surface area contributed by atoms with E-state index >= 15 is 0 Å². The van der Waals surface area contributed by atoms with Crippen LogP contribution in [0, 0.1) is 12.7 Å². The van der Waals surface area contributed by atoms with Gasteiger partial charge in [0.25, 0.3) is 0 Å². The van der Waals surface area contributed by atoms with Gasteiger partial charge in [0.15, 0.2) is 0 Å². The van der Waals surface area contributed by atoms with Crippen molar-refractivity contribution in [2.45, 2.75) is 44.2 Å². The molecular formula is C15H22FNO. The number of rotatable bonds is 5. The first kappa shape index (κ1) is 13.5. The smallest absolute Gasteiger partial charge is 0.123 e. The molecule has 1 unspecified atom stereocenters. The van der Waals surface area contributed by atoms with Crippen molar-refractivity contribution in [2.24, 2.45) is 0 Å². The molecule has 0 heterocycles. The standard InChI is InChI=1S/C15H22FNO/c1-11-5-6-12(16)9-13(11)14(17-2)10-15(18-3)7-4-8-15/h5-6,9,14,17H,4,7-8,10H2,1-3H3. The third kappa shape index (κ3) is 2.57. The van der Waals surface area contributed by atoms with Crippen molar-refractivity contribution in [1.29, 1.82) is 0 Å². The maximum absolute atomic E-state index is 13.4. The molecule has 1 N–H and O–H groups in total. The first-order valence-electron chi connectivity index (χ1n) is 6.59. The van der Waals surface area contributed by atoms with Crippen molar-refractivity contribution in [3.63, 3.8) is 0 Å². The summed E-state index contributed by atoms with van der Waals surface area (Å²) in [7, 11) is 3.71. The number of halogens is 1. The lowest BCUT2D eigenvalue weighted by Gasteiger charge is -2.43. The molecule has 0 spiro atoms. The second kappa shape index (κ2) is 5.37. The Labute approximate surface area is 109 Å². The van der Waals surface area contributed by atoms with E-state index in [0.717, 1.165) is 30.4 Å². The van der Waals surface area contributed by atoms with Crippen LogP contribution in [0.3, 0.4) is 0 Å². The Bertz CT molecular complexity index is 409. The zero-order valence-corrected chi connectivity index (χ0v) is 11.4. The number of hydrogen-bond donors (Lipinski definition) is 1. The minimum absolute atomic E-state index is 0.00751. The van der Waals surface area contributed by atoms with Gasteiger partial charge in [0.2, 0.25) is 0 Å². The molecule has 1 aromatic rings. The van der Waals surface area contributed by atoms with Crippen molar-refractivity contribution < 1.29 is 9.13 Å². The van der Waals surface area contributed by atoms with Crippen LogP contribution < -0.4 is 5.32 Å². The second-order valence-electron chi connectivity index (χ2n) is 5.29. The summed E-state index contributed by atoms with van der Waals surface area (Å²) in [6.07, 6.45) is 4.35. The highest BCUT2D eigenvalue weighted by atomic mass is 19.1. The molecule has 0 aromatic heterocycles. The largest absolute Gasteiger partial charge is 0.378 e. The van der Waals surface area contributed by atoms with Gasteiger partial charge < -0.3 is 10.1 Å². The number of ether oxygens (including phenoxy) is 1. The van der Waals surface area contributed by atoms with E-state index < -0.39 is 0 Å². The molecule has 1 saturated carbocycles. The molecule has 1 aromatic carbocycles. The Morgan fingerprint density at radius 1 is 1.44 bits per heavy atom. The fourth-order valence-electron chi connectivity index (χ4n) is 2.79. The van der Waals surface area contributed by atoms with Crippen LogP contribution in [0.5, 0.6) is 0 Å². The normalized spacial score (nSPS) is 19.3. The van der Waals surface area contributed by atoms with E-state index in [4.69, 9.17) is 4.74 Å². The van der Waals surface area contributed by atoms with E-state index in [9.17, 15) is 4.39 Å². The van der Waals surface area contributed by atoms with E-state index in [2.05, 4.69) is 5.32 Å². The maximum Gasteiger partial charge on any atom is 0.123 e. The summed E-state index contributed by atoms with van der Waals surface area (Å²) >= 11 is 0. The Morgan fingerprint density at radius 3 is 2.67 bits per heavy atom. The number of benzene rings is 1. The van der Waals surface area contributed by atoms with Crippen molar-refractivity contribution in [3.8, 4) is 0 Å². The zero-order chi connectivity index (χ0) is 13.2. The second-order valence-corrected chi connectivity index (χ2v) is 5.29. The van der Waals surface area contributed by atoms with Gasteiger partial charge in [-0.15, -0.1) is 0 Å². The molecule has 1 fully saturated rings. The van der Waals surface area contributed by atoms with Crippen LogP contribution in [-0.2, 0) is 4.74 Å². The molecule has 0 saturated heterocycles. The van der Waals surface area contributed by atoms with Crippen molar-refractivity contribution in [1.82, 2.24) is 5.32 Å². The lowest BCUT2D eigenvalue weighted by atomic mass is 9.74. The van der Waals surface area contributed by atoms with Crippen LogP contribution in [0.1, 0.15) is 42.9 Å². The fourth-order valence-corrected chi connectivity index (χ4v) is 2.79. The van der Waals surface area contributed by atoms with E-state index in [1.807, 2.05) is 20.0 Å². The third-order valence-corrected chi connectivity index (χ3v) is 4.24. The monoisotopic (exact) mass is 251 g/mol. The molecule has 0 aliphatic heterocycles. The van der Waals surface area contributed by atoms with Crippen molar-refractivity contribution in [3.05, 3.63) is 35.1 Å². The minimum atomic E-state index is -0.170. The molecule has 1 aliphatic carbocycles. The highest BCUT2D eigenvalue weighted by Crippen LogP contribution is 2.42. The van der Waals surface area contributed by atoms with Gasteiger partial charge in [0.05, 0.1) is 5.60 Å². The molecule has 18 heavy (non-hydrogen) atoms. The molecule has 100 valence electrons. The Hall–Kier alpha value is -0.930. The molecular weight excluding hydrogens is 229 g/mol. The topological polar surface area (TPSA) is 21.3 Å². The number of methoxy groups -OCH3 is 1. The summed E-state index contributed by atoms with van der Waals surface area (Å²) in [5.74, 6) is -0.170. The molecule has 1 aliphatic rings. The van der Waals surface area contributed by atoms with E-state index in [0.29, 0.717) is 0 Å². The minimum Gasteiger partial charge on any atom is -0.378 e. The van der Waals surface area contributed by atoms with Gasteiger partial charge in [-0.25, -0.2) is 4.39 Å². The molecule has 0 bridgehead atoms. The lowest BCUT2D eigenvalue weighted by Crippen LogP contribution is -2.42. The Kier molecular flexibility index (Phi) is 4.03. The quantitative estimate of drug-likeness (QED) is 0.866. The molecule has 3 heteroatoms. The maximum atomic E-state index is 13.4. The molecule has 0 radical (unpaired) electrons. The predicted molar refractivity (Wildman–Crippen MR) is 71.1 cm³/mol. The van der Waals surface area contributed by atoms with E-state index in [1.165, 1.54) is 12.5 Å². The van der Waals surface area contributed by atoms with Crippen LogP contribution >= 0.6 is 0 Å². The highest BCUT2D eigenvalue weighted by molar-refractivity contribution is 5.30. The van der Waals surface area contributed by atoms with Crippen LogP contribution in [0.25, 0.3) is 0 Å². The van der Waals surface area contributed by atoms with Gasteiger partial charge >= 0.3 is 0 Å². The van der Waals surface area contributed by atoms with Gasteiger partial charge in [-0.3, -0.25) is 0 Å². The number of aryl methyl sites for hydroxylation is 1. The highest BCUT2D eigenvalue weighted by Gasteiger charge is 2.39. The van der Waals surface area contributed by atoms with Crippen LogP contribution in [0.4, 0.5) is 4.39 Å². The number of hydrogen-bond acceptors (Lipinski definition) is 2. The van der Waals surface area contributed by atoms with Crippen molar-refractivity contribution in [2.75, 3.05) is 14.2 Å². The third-order valence-electron chi connectivity index (χ3n) is 4.24. The molecule has 2 nitrogen and oxygen atoms in total. The molecule has 2 rings (SSSR count). The molecule has 1 atom stereocenters. The first-order valence-corrected chi connectivity index (χ1v) is 6.59. The summed E-state index contributed by atoms with van der Waals surface area (Å²) < 4.78 is 19.1. The summed E-state index contributed by atoms with van der Waals surface area (Å²) in [5, 5.41) is 3.30. The predicted octanol–water partition coefficient (Wildman–Crippen LogP) is 3.35. The van der Waals surface area contributed by atoms with Gasteiger partial charge in [-0.1, -0.05) is 6.07 Å². The average Bonchev–Trinajstić information content (AvgIpc) is 2.32. The Morgan fingerprint density at radius 2 is 2.17 bits per heavy atom. The van der Waals surface area contributed by atoms with Crippen molar-refractivity contribution >= 4 is 0 Å². The summed E-state index contributed by atoms with van der Waals surface area (Å²) in [6, 6.07) is 5.15. The first-order chi connectivity index (χ1) is 8.60. The summed E-state index contributed by atoms with van der Waals surface area (Å²) in [6.45, 7) is 2.03. The van der Waals surface area contributed by atoms with Crippen LogP contribution in [-0.4, -0.2) is 19.8 Å². The SMILES string of the molecule is CNC(CC1(OC)CCC1)c1cc(F)ccc1C. The Balaban J connectivity index is 2.20. The van der Waals surface area contributed by atoms with Gasteiger partial charge in [0.1, 0.15) is 5.82 Å². The zero-order valence-electron chi connectivity index (χ0n) is 11.4. The average molecular weight is 251 g/mol. The van der Waals surface area contributed by atoms with E-state index in [-0.39, 0.29) is 17.5 Å². The molecule has 0 amide bonds. The van der Waals surface area contributed by atoms with Gasteiger partial charge in [-0.2, -0.15) is 0 Å². The number of nitrogens with one attached hydrogen (secondary N) is 1. The summed E-state index contributed by atoms with van der Waals surface area (Å²) in [5.41, 5.74) is 2.16. The summed E-state index contributed by atoms with van der Waals surface area (Å²) in [4.78, 5) is 0. The van der Waals surface area contributed by atoms with Crippen LogP contribution in [0.15, 0.2) is 18.2 Å². The lowest BCUT2D eigenvalue weighted by molar-refractivity contribution is -0.0834. The van der Waals surface area contributed by atoms with Crippen LogP contribution in [0.2, 0.25) is 0 Å². The van der Waals surface area contributed by atoms with E-state index in [1.54, 1.807) is 13.2 Å². The fraction of sp³-hybridized carbons (Fsp3) is 0.600. The van der Waals surface area contributed by atoms with Gasteiger partial charge in [-0.05, 0) is 62.9 Å². The van der Waals surface area contributed by atoms with Gasteiger partial charge in [0, 0.05) is 13.2 Å².